The van der Waals surface area contributed by atoms with Crippen molar-refractivity contribution in [3.05, 3.63) is 57.1 Å². The van der Waals surface area contributed by atoms with Crippen LogP contribution in [0.25, 0.3) is 0 Å². The molecule has 93 valence electrons. The molecule has 0 spiro atoms. The molecule has 0 aromatic heterocycles. The number of halogens is 2. The number of benzene rings is 1. The molecule has 1 radical (unpaired) electrons. The number of thiocarbonyl (C=S) groups is 1. The maximum absolute atomic E-state index is 6.05. The van der Waals surface area contributed by atoms with Crippen molar-refractivity contribution in [3.8, 4) is 0 Å². The standard InChI is InChI=1S/C13H11ClIN2S/c14-11-8-10(6-7-12(11)15)17-13(18)16-9-4-2-1-3-5-9/h1-2,4-8H,3H2,(H2,16,17,18). The van der Waals surface area contributed by atoms with E-state index in [-0.39, 0.29) is 0 Å². The highest BCUT2D eigenvalue weighted by molar-refractivity contribution is 14.1. The lowest BCUT2D eigenvalue weighted by Gasteiger charge is -2.13. The van der Waals surface area contributed by atoms with E-state index in [1.165, 1.54) is 0 Å². The highest BCUT2D eigenvalue weighted by atomic mass is 127. The maximum atomic E-state index is 6.05. The van der Waals surface area contributed by atoms with E-state index in [2.05, 4.69) is 45.7 Å². The minimum absolute atomic E-state index is 0.560. The summed E-state index contributed by atoms with van der Waals surface area (Å²) in [6.45, 7) is 0. The summed E-state index contributed by atoms with van der Waals surface area (Å²) in [5.74, 6) is 0. The normalized spacial score (nSPS) is 14.0. The van der Waals surface area contributed by atoms with Gasteiger partial charge in [-0.3, -0.25) is 0 Å². The van der Waals surface area contributed by atoms with Gasteiger partial charge in [0.05, 0.1) is 5.02 Å². The monoisotopic (exact) mass is 389 g/mol. The maximum Gasteiger partial charge on any atom is 0.175 e. The molecule has 0 heterocycles. The van der Waals surface area contributed by atoms with E-state index in [1.807, 2.05) is 30.4 Å². The molecule has 0 saturated heterocycles. The Balaban J connectivity index is 1.96. The fraction of sp³-hybridized carbons (Fsp3) is 0.0769. The average Bonchev–Trinajstić information content (AvgIpc) is 2.35. The van der Waals surface area contributed by atoms with Crippen LogP contribution in [0.5, 0.6) is 0 Å². The SMILES string of the molecule is S=C(NC1=CC[CH]C=C1)Nc1ccc(I)c(Cl)c1. The zero-order valence-electron chi connectivity index (χ0n) is 9.41. The van der Waals surface area contributed by atoms with Crippen molar-refractivity contribution in [1.82, 2.24) is 5.32 Å². The summed E-state index contributed by atoms with van der Waals surface area (Å²) in [5.41, 5.74) is 1.89. The van der Waals surface area contributed by atoms with E-state index in [1.54, 1.807) is 0 Å². The van der Waals surface area contributed by atoms with Gasteiger partial charge in [0.15, 0.2) is 5.11 Å². The summed E-state index contributed by atoms with van der Waals surface area (Å²) in [6.07, 6.45) is 9.08. The van der Waals surface area contributed by atoms with Gasteiger partial charge in [-0.15, -0.1) is 0 Å². The molecular formula is C13H11ClIN2S. The zero-order valence-corrected chi connectivity index (χ0v) is 13.1. The molecule has 1 aliphatic rings. The smallest absolute Gasteiger partial charge is 0.175 e. The fourth-order valence-electron chi connectivity index (χ4n) is 1.47. The number of nitrogens with one attached hydrogen (secondary N) is 2. The number of hydrogen-bond acceptors (Lipinski definition) is 1. The minimum Gasteiger partial charge on any atom is -0.333 e. The van der Waals surface area contributed by atoms with Gasteiger partial charge in [0, 0.05) is 15.0 Å². The first-order valence-corrected chi connectivity index (χ1v) is 7.25. The molecule has 5 heteroatoms. The van der Waals surface area contributed by atoms with Crippen molar-refractivity contribution in [2.75, 3.05) is 5.32 Å². The van der Waals surface area contributed by atoms with Gasteiger partial charge in [0.1, 0.15) is 0 Å². The Morgan fingerprint density at radius 2 is 2.17 bits per heavy atom. The van der Waals surface area contributed by atoms with Crippen molar-refractivity contribution in [3.63, 3.8) is 0 Å². The second kappa shape index (κ2) is 6.54. The largest absolute Gasteiger partial charge is 0.333 e. The average molecular weight is 390 g/mol. The quantitative estimate of drug-likeness (QED) is 0.583. The van der Waals surface area contributed by atoms with Gasteiger partial charge in [0.25, 0.3) is 0 Å². The molecular weight excluding hydrogens is 379 g/mol. The van der Waals surface area contributed by atoms with Crippen LogP contribution in [0.1, 0.15) is 6.42 Å². The third-order valence-corrected chi connectivity index (χ3v) is 4.10. The fourth-order valence-corrected chi connectivity index (χ4v) is 2.23. The predicted molar refractivity (Wildman–Crippen MR) is 89.7 cm³/mol. The molecule has 2 N–H and O–H groups in total. The Labute approximate surface area is 131 Å². The van der Waals surface area contributed by atoms with Crippen molar-refractivity contribution in [1.29, 1.82) is 0 Å². The third-order valence-electron chi connectivity index (χ3n) is 2.32. The molecule has 0 fully saturated rings. The Morgan fingerprint density at radius 1 is 1.33 bits per heavy atom. The van der Waals surface area contributed by atoms with Crippen molar-refractivity contribution in [2.45, 2.75) is 6.42 Å². The van der Waals surface area contributed by atoms with E-state index in [9.17, 15) is 0 Å². The van der Waals surface area contributed by atoms with E-state index in [0.29, 0.717) is 5.11 Å². The van der Waals surface area contributed by atoms with E-state index >= 15 is 0 Å². The van der Waals surface area contributed by atoms with Gasteiger partial charge in [-0.05, 0) is 71.9 Å². The second-order valence-corrected chi connectivity index (χ2v) is 5.68. The molecule has 0 unspecified atom stereocenters. The molecule has 0 saturated carbocycles. The van der Waals surface area contributed by atoms with Gasteiger partial charge >= 0.3 is 0 Å². The van der Waals surface area contributed by atoms with Gasteiger partial charge in [-0.2, -0.15) is 0 Å². The number of allylic oxidation sites excluding steroid dienone is 3. The van der Waals surface area contributed by atoms with Crippen LogP contribution < -0.4 is 10.6 Å². The van der Waals surface area contributed by atoms with E-state index in [4.69, 9.17) is 23.8 Å². The number of anilines is 1. The molecule has 18 heavy (non-hydrogen) atoms. The summed E-state index contributed by atoms with van der Waals surface area (Å²) >= 11 is 13.5. The molecule has 2 nitrogen and oxygen atoms in total. The van der Waals surface area contributed by atoms with Crippen LogP contribution in [0, 0.1) is 9.99 Å². The Morgan fingerprint density at radius 3 is 2.83 bits per heavy atom. The summed E-state index contributed by atoms with van der Waals surface area (Å²) in [7, 11) is 0. The molecule has 1 aliphatic carbocycles. The summed E-state index contributed by atoms with van der Waals surface area (Å²) in [4.78, 5) is 0. The van der Waals surface area contributed by atoms with Crippen LogP contribution in [0.4, 0.5) is 5.69 Å². The van der Waals surface area contributed by atoms with Crippen LogP contribution >= 0.6 is 46.4 Å². The lowest BCUT2D eigenvalue weighted by Crippen LogP contribution is -2.27. The number of hydrogen-bond donors (Lipinski definition) is 2. The molecule has 0 atom stereocenters. The molecule has 0 amide bonds. The van der Waals surface area contributed by atoms with Gasteiger partial charge in [-0.25, -0.2) is 0 Å². The highest BCUT2D eigenvalue weighted by Gasteiger charge is 2.03. The Bertz CT molecular complexity index is 526. The van der Waals surface area contributed by atoms with Gasteiger partial charge in [-0.1, -0.05) is 23.8 Å². The first-order valence-electron chi connectivity index (χ1n) is 5.38. The zero-order chi connectivity index (χ0) is 13.0. The minimum atomic E-state index is 0.560. The Hall–Kier alpha value is -0.590. The second-order valence-electron chi connectivity index (χ2n) is 3.70. The van der Waals surface area contributed by atoms with Crippen LogP contribution in [-0.2, 0) is 0 Å². The van der Waals surface area contributed by atoms with Crippen LogP contribution in [0.2, 0.25) is 5.02 Å². The van der Waals surface area contributed by atoms with Gasteiger partial charge in [0.2, 0.25) is 0 Å². The molecule has 0 aliphatic heterocycles. The van der Waals surface area contributed by atoms with Crippen LogP contribution in [0.15, 0.2) is 42.1 Å². The molecule has 0 bridgehead atoms. The first-order chi connectivity index (χ1) is 8.65. The topological polar surface area (TPSA) is 24.1 Å². The van der Waals surface area contributed by atoms with E-state index < -0.39 is 0 Å². The third kappa shape index (κ3) is 3.96. The first kappa shape index (κ1) is 13.8. The van der Waals surface area contributed by atoms with Crippen molar-refractivity contribution in [2.24, 2.45) is 0 Å². The Kier molecular flexibility index (Phi) is 5.03. The van der Waals surface area contributed by atoms with Crippen molar-refractivity contribution < 1.29 is 0 Å². The van der Waals surface area contributed by atoms with E-state index in [0.717, 1.165) is 26.4 Å². The van der Waals surface area contributed by atoms with Crippen LogP contribution in [-0.4, -0.2) is 5.11 Å². The van der Waals surface area contributed by atoms with Gasteiger partial charge < -0.3 is 10.6 Å². The van der Waals surface area contributed by atoms with Crippen molar-refractivity contribution >= 4 is 57.2 Å². The summed E-state index contributed by atoms with van der Waals surface area (Å²) in [6, 6.07) is 5.75. The predicted octanol–water partition coefficient (Wildman–Crippen LogP) is 4.28. The molecule has 1 aromatic rings. The molecule has 1 aromatic carbocycles. The lowest BCUT2D eigenvalue weighted by atomic mass is 10.1. The summed E-state index contributed by atoms with van der Waals surface area (Å²) in [5, 5.41) is 7.51. The molecule has 2 rings (SSSR count). The number of rotatable bonds is 2. The van der Waals surface area contributed by atoms with Crippen LogP contribution in [0.3, 0.4) is 0 Å². The highest BCUT2D eigenvalue weighted by Crippen LogP contribution is 2.22. The lowest BCUT2D eigenvalue weighted by molar-refractivity contribution is 1.11. The summed E-state index contributed by atoms with van der Waals surface area (Å²) < 4.78 is 1.02.